The number of aromatic hydroxyl groups is 1. The van der Waals surface area contributed by atoms with Crippen LogP contribution in [0.3, 0.4) is 0 Å². The lowest BCUT2D eigenvalue weighted by Gasteiger charge is -2.01. The standard InChI is InChI=1S/C10H10O3/c1-2-9(12)8-4-3-7(6-11)5-10(8)13/h3-6,13H,2H2,1H3. The van der Waals surface area contributed by atoms with Crippen LogP contribution in [0.25, 0.3) is 0 Å². The van der Waals surface area contributed by atoms with Gasteiger partial charge in [-0.2, -0.15) is 0 Å². The monoisotopic (exact) mass is 178 g/mol. The van der Waals surface area contributed by atoms with Gasteiger partial charge in [0.05, 0.1) is 5.56 Å². The fourth-order valence-electron chi connectivity index (χ4n) is 1.05. The SMILES string of the molecule is CCC(=O)c1ccc(C=O)cc1O. The second-order valence-corrected chi connectivity index (χ2v) is 2.67. The first-order valence-corrected chi connectivity index (χ1v) is 4.00. The normalized spacial score (nSPS) is 9.62. The van der Waals surface area contributed by atoms with Crippen molar-refractivity contribution in [3.05, 3.63) is 29.3 Å². The molecule has 0 amide bonds. The molecule has 0 spiro atoms. The number of Topliss-reactive ketones (excluding diaryl/α,β-unsaturated/α-hetero) is 1. The van der Waals surface area contributed by atoms with Crippen molar-refractivity contribution in [2.24, 2.45) is 0 Å². The van der Waals surface area contributed by atoms with Gasteiger partial charge in [0.2, 0.25) is 0 Å². The number of phenols is 1. The minimum Gasteiger partial charge on any atom is -0.507 e. The predicted octanol–water partition coefficient (Wildman–Crippen LogP) is 1.80. The van der Waals surface area contributed by atoms with Gasteiger partial charge in [0.15, 0.2) is 5.78 Å². The van der Waals surface area contributed by atoms with Crippen LogP contribution in [0.15, 0.2) is 18.2 Å². The zero-order chi connectivity index (χ0) is 9.84. The molecule has 0 bridgehead atoms. The molecule has 68 valence electrons. The van der Waals surface area contributed by atoms with E-state index in [9.17, 15) is 14.7 Å². The molecule has 0 heterocycles. The fourth-order valence-corrected chi connectivity index (χ4v) is 1.05. The second kappa shape index (κ2) is 3.85. The second-order valence-electron chi connectivity index (χ2n) is 2.67. The topological polar surface area (TPSA) is 54.4 Å². The predicted molar refractivity (Wildman–Crippen MR) is 48.1 cm³/mol. The highest BCUT2D eigenvalue weighted by Crippen LogP contribution is 2.19. The summed E-state index contributed by atoms with van der Waals surface area (Å²) >= 11 is 0. The molecule has 1 aromatic carbocycles. The smallest absolute Gasteiger partial charge is 0.166 e. The molecule has 3 heteroatoms. The quantitative estimate of drug-likeness (QED) is 0.567. The van der Waals surface area contributed by atoms with E-state index in [-0.39, 0.29) is 17.1 Å². The van der Waals surface area contributed by atoms with E-state index in [1.807, 2.05) is 0 Å². The number of rotatable bonds is 3. The summed E-state index contributed by atoms with van der Waals surface area (Å²) in [5.74, 6) is -0.258. The molecule has 1 aromatic rings. The van der Waals surface area contributed by atoms with Crippen molar-refractivity contribution in [3.8, 4) is 5.75 Å². The molecule has 13 heavy (non-hydrogen) atoms. The Morgan fingerprint density at radius 3 is 2.69 bits per heavy atom. The zero-order valence-corrected chi connectivity index (χ0v) is 7.28. The number of ketones is 1. The van der Waals surface area contributed by atoms with Crippen molar-refractivity contribution >= 4 is 12.1 Å². The van der Waals surface area contributed by atoms with Crippen LogP contribution in [0.2, 0.25) is 0 Å². The number of hydrogen-bond acceptors (Lipinski definition) is 3. The Balaban J connectivity index is 3.12. The summed E-state index contributed by atoms with van der Waals surface area (Å²) in [6.45, 7) is 1.72. The van der Waals surface area contributed by atoms with Gasteiger partial charge in [0.1, 0.15) is 12.0 Å². The maximum Gasteiger partial charge on any atom is 0.166 e. The van der Waals surface area contributed by atoms with Crippen LogP contribution in [0.1, 0.15) is 34.1 Å². The summed E-state index contributed by atoms with van der Waals surface area (Å²) in [5.41, 5.74) is 0.637. The summed E-state index contributed by atoms with van der Waals surface area (Å²) in [7, 11) is 0. The fraction of sp³-hybridized carbons (Fsp3) is 0.200. The van der Waals surface area contributed by atoms with Crippen molar-refractivity contribution in [3.63, 3.8) is 0 Å². The van der Waals surface area contributed by atoms with Gasteiger partial charge >= 0.3 is 0 Å². The molecule has 0 saturated carbocycles. The van der Waals surface area contributed by atoms with E-state index in [1.54, 1.807) is 6.92 Å². The maximum absolute atomic E-state index is 11.2. The van der Waals surface area contributed by atoms with Crippen molar-refractivity contribution in [1.29, 1.82) is 0 Å². The van der Waals surface area contributed by atoms with Crippen LogP contribution in [-0.4, -0.2) is 17.2 Å². The average molecular weight is 178 g/mol. The van der Waals surface area contributed by atoms with E-state index >= 15 is 0 Å². The summed E-state index contributed by atoms with van der Waals surface area (Å²) in [4.78, 5) is 21.5. The molecule has 0 aliphatic heterocycles. The highest BCUT2D eigenvalue weighted by atomic mass is 16.3. The first kappa shape index (κ1) is 9.45. The Bertz CT molecular complexity index is 342. The first-order valence-electron chi connectivity index (χ1n) is 4.00. The van der Waals surface area contributed by atoms with Gasteiger partial charge in [-0.05, 0) is 12.1 Å². The number of aldehydes is 1. The molecule has 0 saturated heterocycles. The minimum atomic E-state index is -0.130. The van der Waals surface area contributed by atoms with Crippen molar-refractivity contribution in [2.75, 3.05) is 0 Å². The number of hydrogen-bond donors (Lipinski definition) is 1. The Morgan fingerprint density at radius 1 is 1.54 bits per heavy atom. The summed E-state index contributed by atoms with van der Waals surface area (Å²) in [6.07, 6.45) is 0.966. The molecule has 0 atom stereocenters. The third kappa shape index (κ3) is 1.93. The van der Waals surface area contributed by atoms with Crippen LogP contribution >= 0.6 is 0 Å². The largest absolute Gasteiger partial charge is 0.507 e. The molecule has 3 nitrogen and oxygen atoms in total. The van der Waals surface area contributed by atoms with Crippen LogP contribution in [0.5, 0.6) is 5.75 Å². The van der Waals surface area contributed by atoms with E-state index in [4.69, 9.17) is 0 Å². The van der Waals surface area contributed by atoms with Gasteiger partial charge in [-0.3, -0.25) is 9.59 Å². The molecule has 0 aliphatic carbocycles. The number of phenolic OH excluding ortho intramolecular Hbond substituents is 1. The van der Waals surface area contributed by atoms with Gasteiger partial charge in [-0.25, -0.2) is 0 Å². The average Bonchev–Trinajstić information content (AvgIpc) is 2.16. The third-order valence-corrected chi connectivity index (χ3v) is 1.78. The molecular formula is C10H10O3. The molecule has 0 aliphatic rings. The summed E-state index contributed by atoms with van der Waals surface area (Å²) in [6, 6.07) is 4.26. The van der Waals surface area contributed by atoms with Gasteiger partial charge < -0.3 is 5.11 Å². The lowest BCUT2D eigenvalue weighted by Crippen LogP contribution is -1.97. The van der Waals surface area contributed by atoms with E-state index in [0.717, 1.165) is 0 Å². The third-order valence-electron chi connectivity index (χ3n) is 1.78. The van der Waals surface area contributed by atoms with E-state index in [2.05, 4.69) is 0 Å². The Hall–Kier alpha value is -1.64. The van der Waals surface area contributed by atoms with Crippen LogP contribution in [-0.2, 0) is 0 Å². The Labute approximate surface area is 76.0 Å². The van der Waals surface area contributed by atoms with E-state index in [0.29, 0.717) is 18.3 Å². The zero-order valence-electron chi connectivity index (χ0n) is 7.28. The van der Waals surface area contributed by atoms with E-state index in [1.165, 1.54) is 18.2 Å². The molecule has 0 radical (unpaired) electrons. The highest BCUT2D eigenvalue weighted by Gasteiger charge is 2.08. The molecular weight excluding hydrogens is 168 g/mol. The summed E-state index contributed by atoms with van der Waals surface area (Å²) in [5, 5.41) is 9.34. The molecule has 0 aromatic heterocycles. The highest BCUT2D eigenvalue weighted by molar-refractivity contribution is 5.99. The number of benzene rings is 1. The lowest BCUT2D eigenvalue weighted by molar-refractivity contribution is 0.0984. The van der Waals surface area contributed by atoms with Crippen LogP contribution in [0, 0.1) is 0 Å². The van der Waals surface area contributed by atoms with Crippen LogP contribution < -0.4 is 0 Å². The van der Waals surface area contributed by atoms with E-state index < -0.39 is 0 Å². The molecule has 0 unspecified atom stereocenters. The molecule has 1 N–H and O–H groups in total. The van der Waals surface area contributed by atoms with Crippen LogP contribution in [0.4, 0.5) is 0 Å². The maximum atomic E-state index is 11.2. The van der Waals surface area contributed by atoms with Crippen molar-refractivity contribution in [2.45, 2.75) is 13.3 Å². The van der Waals surface area contributed by atoms with Gasteiger partial charge in [-0.1, -0.05) is 13.0 Å². The van der Waals surface area contributed by atoms with Crippen molar-refractivity contribution < 1.29 is 14.7 Å². The number of carbonyl (C=O) groups is 2. The Morgan fingerprint density at radius 2 is 2.23 bits per heavy atom. The first-order chi connectivity index (χ1) is 6.19. The molecule has 0 fully saturated rings. The summed E-state index contributed by atoms with van der Waals surface area (Å²) < 4.78 is 0. The van der Waals surface area contributed by atoms with Crippen molar-refractivity contribution in [1.82, 2.24) is 0 Å². The minimum absolute atomic E-state index is 0.128. The van der Waals surface area contributed by atoms with Gasteiger partial charge in [-0.15, -0.1) is 0 Å². The molecule has 1 rings (SSSR count). The van der Waals surface area contributed by atoms with Gasteiger partial charge in [0.25, 0.3) is 0 Å². The number of carbonyl (C=O) groups excluding carboxylic acids is 2. The lowest BCUT2D eigenvalue weighted by atomic mass is 10.1. The Kier molecular flexibility index (Phi) is 2.80. The van der Waals surface area contributed by atoms with Gasteiger partial charge in [0, 0.05) is 12.0 Å².